The van der Waals surface area contributed by atoms with Gasteiger partial charge in [0.05, 0.1) is 6.10 Å². The first kappa shape index (κ1) is 15.9. The monoisotopic (exact) mass is 257 g/mol. The van der Waals surface area contributed by atoms with E-state index in [0.717, 1.165) is 19.0 Å². The predicted octanol–water partition coefficient (Wildman–Crippen LogP) is 0.619. The molecule has 2 atom stereocenters. The van der Waals surface area contributed by atoms with Crippen molar-refractivity contribution in [1.82, 2.24) is 15.1 Å². The fraction of sp³-hybridized carbons (Fsp3) is 1.00. The highest BCUT2D eigenvalue weighted by Gasteiger charge is 2.21. The number of hydrogen-bond acceptors (Lipinski definition) is 4. The molecule has 1 rings (SSSR count). The van der Waals surface area contributed by atoms with Gasteiger partial charge in [0.25, 0.3) is 0 Å². The minimum Gasteiger partial charge on any atom is -0.390 e. The summed E-state index contributed by atoms with van der Waals surface area (Å²) in [4.78, 5) is 4.65. The normalized spacial score (nSPS) is 23.8. The van der Waals surface area contributed by atoms with Crippen LogP contribution in [0.25, 0.3) is 0 Å². The van der Waals surface area contributed by atoms with Gasteiger partial charge in [-0.1, -0.05) is 0 Å². The second-order valence-electron chi connectivity index (χ2n) is 6.92. The molecular formula is C14H31N3O. The second kappa shape index (κ2) is 6.85. The molecule has 4 heteroatoms. The molecule has 108 valence electrons. The average molecular weight is 257 g/mol. The van der Waals surface area contributed by atoms with Crippen LogP contribution in [0.5, 0.6) is 0 Å². The van der Waals surface area contributed by atoms with Crippen molar-refractivity contribution in [3.05, 3.63) is 0 Å². The molecule has 1 saturated heterocycles. The number of aliphatic hydroxyl groups is 1. The summed E-state index contributed by atoms with van der Waals surface area (Å²) in [5, 5.41) is 13.3. The molecule has 0 saturated carbocycles. The highest BCUT2D eigenvalue weighted by molar-refractivity contribution is 4.78. The summed E-state index contributed by atoms with van der Waals surface area (Å²) in [6.45, 7) is 11.3. The van der Waals surface area contributed by atoms with Crippen LogP contribution in [0.4, 0.5) is 0 Å². The Morgan fingerprint density at radius 3 is 2.61 bits per heavy atom. The fourth-order valence-electron chi connectivity index (χ4n) is 2.54. The van der Waals surface area contributed by atoms with Crippen molar-refractivity contribution in [3.8, 4) is 0 Å². The van der Waals surface area contributed by atoms with E-state index in [1.165, 1.54) is 19.5 Å². The van der Waals surface area contributed by atoms with Gasteiger partial charge in [0.2, 0.25) is 0 Å². The minimum absolute atomic E-state index is 0.0771. The molecule has 1 aliphatic rings. The Morgan fingerprint density at radius 2 is 2.11 bits per heavy atom. The zero-order chi connectivity index (χ0) is 13.8. The quantitative estimate of drug-likeness (QED) is 0.732. The first-order valence-corrected chi connectivity index (χ1v) is 7.06. The largest absolute Gasteiger partial charge is 0.390 e. The molecule has 0 spiro atoms. The molecule has 18 heavy (non-hydrogen) atoms. The highest BCUT2D eigenvalue weighted by Crippen LogP contribution is 2.15. The zero-order valence-electron chi connectivity index (χ0n) is 12.7. The van der Waals surface area contributed by atoms with Crippen LogP contribution in [0.1, 0.15) is 27.2 Å². The van der Waals surface area contributed by atoms with Crippen LogP contribution in [-0.2, 0) is 0 Å². The second-order valence-corrected chi connectivity index (χ2v) is 6.92. The van der Waals surface area contributed by atoms with Gasteiger partial charge in [0.15, 0.2) is 0 Å². The van der Waals surface area contributed by atoms with Crippen LogP contribution in [0.3, 0.4) is 0 Å². The Bertz CT molecular complexity index is 240. The van der Waals surface area contributed by atoms with Gasteiger partial charge in [-0.2, -0.15) is 0 Å². The number of rotatable bonds is 6. The number of nitrogens with one attached hydrogen (secondary N) is 1. The number of likely N-dealkylation sites (N-methyl/N-ethyl adjacent to an activating group) is 1. The average Bonchev–Trinajstić information content (AvgIpc) is 2.59. The SMILES string of the molecule is CN1CCC(CN(C)CC(O)CNC(C)(C)C)C1. The van der Waals surface area contributed by atoms with E-state index in [-0.39, 0.29) is 11.6 Å². The Hall–Kier alpha value is -0.160. The van der Waals surface area contributed by atoms with Gasteiger partial charge in [-0.05, 0) is 53.8 Å². The van der Waals surface area contributed by atoms with Gasteiger partial charge in [-0.25, -0.2) is 0 Å². The molecule has 1 aliphatic heterocycles. The van der Waals surface area contributed by atoms with E-state index in [9.17, 15) is 5.11 Å². The molecule has 0 aromatic rings. The van der Waals surface area contributed by atoms with Crippen molar-refractivity contribution in [2.75, 3.05) is 46.8 Å². The standard InChI is InChI=1S/C14H31N3O/c1-14(2,3)15-8-13(18)11-17(5)10-12-6-7-16(4)9-12/h12-13,15,18H,6-11H2,1-5H3. The molecule has 1 fully saturated rings. The molecule has 0 aromatic carbocycles. The van der Waals surface area contributed by atoms with E-state index in [4.69, 9.17) is 0 Å². The Kier molecular flexibility index (Phi) is 6.05. The number of nitrogens with zero attached hydrogens (tertiary/aromatic N) is 2. The lowest BCUT2D eigenvalue weighted by Crippen LogP contribution is -2.44. The fourth-order valence-corrected chi connectivity index (χ4v) is 2.54. The Morgan fingerprint density at radius 1 is 1.44 bits per heavy atom. The molecular weight excluding hydrogens is 226 g/mol. The lowest BCUT2D eigenvalue weighted by atomic mass is 10.1. The lowest BCUT2D eigenvalue weighted by Gasteiger charge is -2.27. The summed E-state index contributed by atoms with van der Waals surface area (Å²) in [5.74, 6) is 0.766. The van der Waals surface area contributed by atoms with Crippen molar-refractivity contribution in [3.63, 3.8) is 0 Å². The highest BCUT2D eigenvalue weighted by atomic mass is 16.3. The van der Waals surface area contributed by atoms with Crippen LogP contribution >= 0.6 is 0 Å². The van der Waals surface area contributed by atoms with Crippen LogP contribution in [0, 0.1) is 5.92 Å². The van der Waals surface area contributed by atoms with Gasteiger partial charge in [0, 0.05) is 31.7 Å². The van der Waals surface area contributed by atoms with E-state index < -0.39 is 0 Å². The summed E-state index contributed by atoms with van der Waals surface area (Å²) in [6.07, 6.45) is 1.00. The third-order valence-corrected chi connectivity index (χ3v) is 3.45. The van der Waals surface area contributed by atoms with Gasteiger partial charge >= 0.3 is 0 Å². The smallest absolute Gasteiger partial charge is 0.0791 e. The van der Waals surface area contributed by atoms with Crippen LogP contribution in [0.15, 0.2) is 0 Å². The predicted molar refractivity (Wildman–Crippen MR) is 76.9 cm³/mol. The first-order valence-electron chi connectivity index (χ1n) is 7.06. The Labute approximate surface area is 112 Å². The van der Waals surface area contributed by atoms with Gasteiger partial charge in [0.1, 0.15) is 0 Å². The van der Waals surface area contributed by atoms with E-state index in [2.05, 4.69) is 50.0 Å². The summed E-state index contributed by atoms with van der Waals surface area (Å²) >= 11 is 0. The van der Waals surface area contributed by atoms with Crippen LogP contribution < -0.4 is 5.32 Å². The van der Waals surface area contributed by atoms with Gasteiger partial charge in [-0.15, -0.1) is 0 Å². The van der Waals surface area contributed by atoms with Crippen molar-refractivity contribution in [2.45, 2.75) is 38.8 Å². The lowest BCUT2D eigenvalue weighted by molar-refractivity contribution is 0.110. The summed E-state index contributed by atoms with van der Waals surface area (Å²) in [6, 6.07) is 0. The third-order valence-electron chi connectivity index (χ3n) is 3.45. The first-order chi connectivity index (χ1) is 8.26. The van der Waals surface area contributed by atoms with E-state index in [0.29, 0.717) is 6.54 Å². The molecule has 1 heterocycles. The summed E-state index contributed by atoms with van der Waals surface area (Å²) in [5.41, 5.74) is 0.0771. The minimum atomic E-state index is -0.284. The van der Waals surface area contributed by atoms with Crippen LogP contribution in [0.2, 0.25) is 0 Å². The molecule has 0 aromatic heterocycles. The zero-order valence-corrected chi connectivity index (χ0v) is 12.7. The maximum atomic E-state index is 9.99. The topological polar surface area (TPSA) is 38.7 Å². The van der Waals surface area contributed by atoms with Gasteiger partial charge < -0.3 is 20.2 Å². The van der Waals surface area contributed by atoms with Crippen molar-refractivity contribution >= 4 is 0 Å². The molecule has 4 nitrogen and oxygen atoms in total. The van der Waals surface area contributed by atoms with Crippen molar-refractivity contribution < 1.29 is 5.11 Å². The Balaban J connectivity index is 2.17. The van der Waals surface area contributed by atoms with Gasteiger partial charge in [-0.3, -0.25) is 0 Å². The number of aliphatic hydroxyl groups excluding tert-OH is 1. The third kappa shape index (κ3) is 6.69. The molecule has 2 N–H and O–H groups in total. The maximum Gasteiger partial charge on any atom is 0.0791 e. The summed E-state index contributed by atoms with van der Waals surface area (Å²) in [7, 11) is 4.29. The summed E-state index contributed by atoms with van der Waals surface area (Å²) < 4.78 is 0. The van der Waals surface area contributed by atoms with E-state index >= 15 is 0 Å². The van der Waals surface area contributed by atoms with Crippen molar-refractivity contribution in [1.29, 1.82) is 0 Å². The molecule has 2 unspecified atom stereocenters. The number of β-amino-alcohol motifs (C(OH)–C–C–N with tert-alkyl or cyclic N) is 1. The number of hydrogen-bond donors (Lipinski definition) is 2. The maximum absolute atomic E-state index is 9.99. The molecule has 0 aliphatic carbocycles. The molecule has 0 bridgehead atoms. The van der Waals surface area contributed by atoms with E-state index in [1.807, 2.05) is 0 Å². The molecule has 0 amide bonds. The van der Waals surface area contributed by atoms with E-state index in [1.54, 1.807) is 0 Å². The number of likely N-dealkylation sites (tertiary alicyclic amines) is 1. The van der Waals surface area contributed by atoms with Crippen molar-refractivity contribution in [2.24, 2.45) is 5.92 Å². The van der Waals surface area contributed by atoms with Crippen LogP contribution in [-0.4, -0.2) is 73.4 Å². The molecule has 0 radical (unpaired) electrons.